The molecule has 0 aliphatic carbocycles. The summed E-state index contributed by atoms with van der Waals surface area (Å²) < 4.78 is 11.3. The first-order chi connectivity index (χ1) is 12.9. The van der Waals surface area contributed by atoms with E-state index in [1.54, 1.807) is 0 Å². The summed E-state index contributed by atoms with van der Waals surface area (Å²) in [6.07, 6.45) is 0.461. The first-order valence-electron chi connectivity index (χ1n) is 9.21. The Morgan fingerprint density at radius 3 is 2.74 bits per heavy atom. The van der Waals surface area contributed by atoms with Crippen molar-refractivity contribution in [2.24, 2.45) is 0 Å². The summed E-state index contributed by atoms with van der Waals surface area (Å²) in [5.74, 6) is 0.492. The molecule has 2 heterocycles. The minimum absolute atomic E-state index is 0.0318. The molecule has 2 atom stereocenters. The van der Waals surface area contributed by atoms with Gasteiger partial charge in [-0.05, 0) is 51.0 Å². The van der Waals surface area contributed by atoms with Gasteiger partial charge in [-0.3, -0.25) is 15.0 Å². The molecule has 1 fully saturated rings. The standard InChI is InChI=1S/C20H27N3O3S/c1-13-5-6-18(7-14(13)2)25-11-19(24)22-20-21-17(12-27-20)10-23-8-15(3)26-16(4)9-23/h5-7,12,15-16H,8-11H2,1-4H3,(H,21,22,24). The Kier molecular flexibility index (Phi) is 6.46. The van der Waals surface area contributed by atoms with Gasteiger partial charge in [-0.2, -0.15) is 0 Å². The van der Waals surface area contributed by atoms with Crippen molar-refractivity contribution in [2.45, 2.75) is 46.4 Å². The van der Waals surface area contributed by atoms with E-state index >= 15 is 0 Å². The van der Waals surface area contributed by atoms with E-state index in [4.69, 9.17) is 9.47 Å². The minimum atomic E-state index is -0.206. The highest BCUT2D eigenvalue weighted by Gasteiger charge is 2.22. The SMILES string of the molecule is Cc1ccc(OCC(=O)Nc2nc(CN3CC(C)OC(C)C3)cs2)cc1C. The second-order valence-electron chi connectivity index (χ2n) is 7.18. The number of carbonyl (C=O) groups is 1. The summed E-state index contributed by atoms with van der Waals surface area (Å²) in [6, 6.07) is 5.80. The number of morpholine rings is 1. The van der Waals surface area contributed by atoms with Crippen molar-refractivity contribution >= 4 is 22.4 Å². The fourth-order valence-electron chi connectivity index (χ4n) is 3.19. The number of thiazole rings is 1. The lowest BCUT2D eigenvalue weighted by Crippen LogP contribution is -2.44. The van der Waals surface area contributed by atoms with Gasteiger partial charge in [0.05, 0.1) is 17.9 Å². The van der Waals surface area contributed by atoms with Crippen LogP contribution in [0.2, 0.25) is 0 Å². The predicted octanol–water partition coefficient (Wildman–Crippen LogP) is 3.39. The fourth-order valence-corrected chi connectivity index (χ4v) is 3.91. The van der Waals surface area contributed by atoms with Gasteiger partial charge in [0, 0.05) is 25.0 Å². The predicted molar refractivity (Wildman–Crippen MR) is 107 cm³/mol. The van der Waals surface area contributed by atoms with Gasteiger partial charge >= 0.3 is 0 Å². The number of aromatic nitrogens is 1. The Morgan fingerprint density at radius 1 is 1.30 bits per heavy atom. The van der Waals surface area contributed by atoms with E-state index < -0.39 is 0 Å². The first kappa shape index (κ1) is 19.8. The van der Waals surface area contributed by atoms with Crippen LogP contribution in [0.25, 0.3) is 0 Å². The number of amides is 1. The Labute approximate surface area is 164 Å². The van der Waals surface area contributed by atoms with Crippen molar-refractivity contribution < 1.29 is 14.3 Å². The van der Waals surface area contributed by atoms with Gasteiger partial charge in [0.2, 0.25) is 0 Å². The number of ether oxygens (including phenoxy) is 2. The van der Waals surface area contributed by atoms with E-state index in [-0.39, 0.29) is 24.7 Å². The number of benzene rings is 1. The molecule has 1 aromatic carbocycles. The summed E-state index contributed by atoms with van der Waals surface area (Å²) in [7, 11) is 0. The van der Waals surface area contributed by atoms with E-state index in [0.717, 1.165) is 30.9 Å². The molecular formula is C20H27N3O3S. The average molecular weight is 390 g/mol. The van der Waals surface area contributed by atoms with Crippen molar-refractivity contribution in [3.63, 3.8) is 0 Å². The zero-order valence-corrected chi connectivity index (χ0v) is 17.1. The molecule has 0 bridgehead atoms. The highest BCUT2D eigenvalue weighted by atomic mass is 32.1. The molecule has 0 spiro atoms. The molecule has 2 unspecified atom stereocenters. The van der Waals surface area contributed by atoms with Crippen LogP contribution < -0.4 is 10.1 Å². The molecule has 1 amide bonds. The molecule has 6 nitrogen and oxygen atoms in total. The number of aryl methyl sites for hydroxylation is 2. The lowest BCUT2D eigenvalue weighted by atomic mass is 10.1. The van der Waals surface area contributed by atoms with Crippen molar-refractivity contribution in [2.75, 3.05) is 25.0 Å². The molecule has 27 heavy (non-hydrogen) atoms. The van der Waals surface area contributed by atoms with Crippen molar-refractivity contribution in [1.82, 2.24) is 9.88 Å². The quantitative estimate of drug-likeness (QED) is 0.820. The molecule has 3 rings (SSSR count). The third kappa shape index (κ3) is 5.76. The van der Waals surface area contributed by atoms with Crippen molar-refractivity contribution in [1.29, 1.82) is 0 Å². The van der Waals surface area contributed by atoms with Gasteiger partial charge in [-0.15, -0.1) is 11.3 Å². The van der Waals surface area contributed by atoms with Gasteiger partial charge in [-0.25, -0.2) is 4.98 Å². The third-order valence-electron chi connectivity index (χ3n) is 4.53. The minimum Gasteiger partial charge on any atom is -0.484 e. The van der Waals surface area contributed by atoms with E-state index in [1.807, 2.05) is 37.4 Å². The largest absolute Gasteiger partial charge is 0.484 e. The molecule has 146 valence electrons. The summed E-state index contributed by atoms with van der Waals surface area (Å²) in [6.45, 7) is 10.8. The molecule has 0 radical (unpaired) electrons. The molecule has 1 aliphatic heterocycles. The average Bonchev–Trinajstić information content (AvgIpc) is 3.02. The van der Waals surface area contributed by atoms with E-state index in [1.165, 1.54) is 16.9 Å². The van der Waals surface area contributed by atoms with Gasteiger partial charge < -0.3 is 9.47 Å². The highest BCUT2D eigenvalue weighted by molar-refractivity contribution is 7.13. The maximum Gasteiger partial charge on any atom is 0.264 e. The van der Waals surface area contributed by atoms with Crippen LogP contribution in [0.15, 0.2) is 23.6 Å². The van der Waals surface area contributed by atoms with Crippen LogP contribution in [0.4, 0.5) is 5.13 Å². The van der Waals surface area contributed by atoms with E-state index in [0.29, 0.717) is 10.9 Å². The molecule has 1 saturated heterocycles. The normalized spacial score (nSPS) is 20.4. The first-order valence-corrected chi connectivity index (χ1v) is 10.1. The molecule has 7 heteroatoms. The van der Waals surface area contributed by atoms with Crippen LogP contribution in [-0.4, -0.2) is 47.7 Å². The van der Waals surface area contributed by atoms with Crippen LogP contribution >= 0.6 is 11.3 Å². The van der Waals surface area contributed by atoms with Gasteiger partial charge in [0.25, 0.3) is 5.91 Å². The molecule has 0 saturated carbocycles. The topological polar surface area (TPSA) is 63.7 Å². The van der Waals surface area contributed by atoms with Gasteiger partial charge in [0.1, 0.15) is 5.75 Å². The molecular weight excluding hydrogens is 362 g/mol. The Morgan fingerprint density at radius 2 is 2.04 bits per heavy atom. The maximum absolute atomic E-state index is 12.1. The third-order valence-corrected chi connectivity index (χ3v) is 5.33. The Hall–Kier alpha value is -1.96. The summed E-state index contributed by atoms with van der Waals surface area (Å²) in [5, 5.41) is 5.41. The second kappa shape index (κ2) is 8.82. The Bertz CT molecular complexity index is 783. The number of rotatable bonds is 6. The van der Waals surface area contributed by atoms with Crippen LogP contribution in [0.5, 0.6) is 5.75 Å². The van der Waals surface area contributed by atoms with Crippen molar-refractivity contribution in [3.05, 3.63) is 40.4 Å². The summed E-state index contributed by atoms with van der Waals surface area (Å²) in [5.41, 5.74) is 3.31. The summed E-state index contributed by atoms with van der Waals surface area (Å²) >= 11 is 1.44. The molecule has 2 aromatic rings. The zero-order chi connectivity index (χ0) is 19.4. The van der Waals surface area contributed by atoms with Crippen molar-refractivity contribution in [3.8, 4) is 5.75 Å². The highest BCUT2D eigenvalue weighted by Crippen LogP contribution is 2.20. The lowest BCUT2D eigenvalue weighted by Gasteiger charge is -2.34. The van der Waals surface area contributed by atoms with Crippen LogP contribution in [0.3, 0.4) is 0 Å². The smallest absolute Gasteiger partial charge is 0.264 e. The van der Waals surface area contributed by atoms with Gasteiger partial charge in [-0.1, -0.05) is 6.07 Å². The monoisotopic (exact) mass is 389 g/mol. The molecule has 1 aromatic heterocycles. The number of hydrogen-bond acceptors (Lipinski definition) is 6. The van der Waals surface area contributed by atoms with Crippen LogP contribution in [0, 0.1) is 13.8 Å². The zero-order valence-electron chi connectivity index (χ0n) is 16.3. The number of hydrogen-bond donors (Lipinski definition) is 1. The second-order valence-corrected chi connectivity index (χ2v) is 8.04. The Balaban J connectivity index is 1.48. The number of nitrogens with zero attached hydrogens (tertiary/aromatic N) is 2. The lowest BCUT2D eigenvalue weighted by molar-refractivity contribution is -0.118. The van der Waals surface area contributed by atoms with Gasteiger partial charge in [0.15, 0.2) is 11.7 Å². The number of nitrogens with one attached hydrogen (secondary N) is 1. The van der Waals surface area contributed by atoms with Crippen LogP contribution in [-0.2, 0) is 16.1 Å². The van der Waals surface area contributed by atoms with E-state index in [9.17, 15) is 4.79 Å². The number of carbonyl (C=O) groups excluding carboxylic acids is 1. The molecule has 1 N–H and O–H groups in total. The summed E-state index contributed by atoms with van der Waals surface area (Å²) in [4.78, 5) is 19.0. The van der Waals surface area contributed by atoms with E-state index in [2.05, 4.69) is 29.0 Å². The molecule has 1 aliphatic rings. The maximum atomic E-state index is 12.1. The number of anilines is 1. The van der Waals surface area contributed by atoms with Crippen LogP contribution in [0.1, 0.15) is 30.7 Å². The fraction of sp³-hybridized carbons (Fsp3) is 0.500.